The van der Waals surface area contributed by atoms with E-state index in [9.17, 15) is 4.79 Å². The molecule has 0 radical (unpaired) electrons. The molecule has 3 saturated heterocycles. The van der Waals surface area contributed by atoms with E-state index in [4.69, 9.17) is 21.3 Å². The van der Waals surface area contributed by atoms with Gasteiger partial charge in [-0.05, 0) is 56.4 Å². The standard InChI is InChI=1S/C24H31BrClFN6O2/c1-23(2,35-13-34)8-17-24(11-28-17)5-6-32(12-24)21-15-7-16(26)18(25)19(27)20(15)29-22(30-21)33-9-14(10-33)31(3)4/h7,13-14,17,28H,5-6,8-12H2,1-4H3. The first kappa shape index (κ1) is 24.9. The maximum Gasteiger partial charge on any atom is 0.293 e. The minimum Gasteiger partial charge on any atom is -0.462 e. The molecule has 3 aliphatic rings. The van der Waals surface area contributed by atoms with E-state index >= 15 is 4.39 Å². The minimum absolute atomic E-state index is 0.0471. The number of hydrogen-bond acceptors (Lipinski definition) is 8. The van der Waals surface area contributed by atoms with Crippen LogP contribution >= 0.6 is 27.5 Å². The lowest BCUT2D eigenvalue weighted by Crippen LogP contribution is -2.65. The molecule has 2 unspecified atom stereocenters. The van der Waals surface area contributed by atoms with Crippen molar-refractivity contribution >= 4 is 56.7 Å². The molecule has 0 aliphatic carbocycles. The van der Waals surface area contributed by atoms with Crippen molar-refractivity contribution in [2.24, 2.45) is 5.41 Å². The number of halogens is 3. The summed E-state index contributed by atoms with van der Waals surface area (Å²) in [6.45, 7) is 8.46. The number of nitrogens with zero attached hydrogens (tertiary/aromatic N) is 5. The highest BCUT2D eigenvalue weighted by Crippen LogP contribution is 2.46. The van der Waals surface area contributed by atoms with Crippen molar-refractivity contribution in [3.63, 3.8) is 0 Å². The second-order valence-electron chi connectivity index (χ2n) is 10.9. The van der Waals surface area contributed by atoms with Crippen molar-refractivity contribution in [3.05, 3.63) is 21.4 Å². The molecule has 1 aromatic heterocycles. The van der Waals surface area contributed by atoms with Gasteiger partial charge in [0, 0.05) is 62.0 Å². The topological polar surface area (TPSA) is 73.8 Å². The Morgan fingerprint density at radius 2 is 2.11 bits per heavy atom. The van der Waals surface area contributed by atoms with E-state index in [1.165, 1.54) is 0 Å². The predicted octanol–water partition coefficient (Wildman–Crippen LogP) is 3.45. The summed E-state index contributed by atoms with van der Waals surface area (Å²) >= 11 is 9.63. The number of anilines is 2. The molecular formula is C24H31BrClFN6O2. The third-order valence-corrected chi connectivity index (χ3v) is 9.16. The SMILES string of the molecule is CN(C)C1CN(c2nc(N3CCC4(CNC4CC(C)(C)OC=O)C3)c3cc(Cl)c(Br)c(F)c3n2)C1. The number of hydrogen-bond donors (Lipinski definition) is 1. The summed E-state index contributed by atoms with van der Waals surface area (Å²) in [4.78, 5) is 27.0. The molecule has 3 aliphatic heterocycles. The molecule has 8 nitrogen and oxygen atoms in total. The van der Waals surface area contributed by atoms with Gasteiger partial charge in [0.2, 0.25) is 5.95 Å². The highest BCUT2D eigenvalue weighted by molar-refractivity contribution is 9.10. The number of aromatic nitrogens is 2. The maximum absolute atomic E-state index is 15.3. The monoisotopic (exact) mass is 568 g/mol. The van der Waals surface area contributed by atoms with Crippen LogP contribution in [0.5, 0.6) is 0 Å². The Labute approximate surface area is 218 Å². The Hall–Kier alpha value is -1.75. The summed E-state index contributed by atoms with van der Waals surface area (Å²) in [5.41, 5.74) is -0.219. The molecule has 4 heterocycles. The lowest BCUT2D eigenvalue weighted by molar-refractivity contribution is -0.143. The molecule has 1 aromatic carbocycles. The zero-order valence-corrected chi connectivity index (χ0v) is 22.8. The van der Waals surface area contributed by atoms with Gasteiger partial charge in [0.05, 0.1) is 9.50 Å². The molecule has 11 heteroatoms. The number of likely N-dealkylation sites (N-methyl/N-ethyl adjacent to an activating group) is 1. The van der Waals surface area contributed by atoms with E-state index in [1.807, 2.05) is 13.8 Å². The van der Waals surface area contributed by atoms with Crippen LogP contribution in [0.25, 0.3) is 10.9 Å². The molecule has 2 aromatic rings. The second kappa shape index (κ2) is 8.97. The molecule has 1 spiro atoms. The zero-order valence-electron chi connectivity index (χ0n) is 20.4. The second-order valence-corrected chi connectivity index (χ2v) is 12.1. The highest BCUT2D eigenvalue weighted by atomic mass is 79.9. The number of ether oxygens (including phenoxy) is 1. The van der Waals surface area contributed by atoms with E-state index in [2.05, 4.69) is 55.0 Å². The van der Waals surface area contributed by atoms with Gasteiger partial charge in [0.25, 0.3) is 6.47 Å². The van der Waals surface area contributed by atoms with Gasteiger partial charge >= 0.3 is 0 Å². The quantitative estimate of drug-likeness (QED) is 0.402. The fourth-order valence-corrected chi connectivity index (χ4v) is 5.97. The first-order chi connectivity index (χ1) is 16.5. The van der Waals surface area contributed by atoms with Crippen LogP contribution in [0.1, 0.15) is 26.7 Å². The highest BCUT2D eigenvalue weighted by Gasteiger charge is 2.52. The fourth-order valence-electron chi connectivity index (χ4n) is 5.47. The average Bonchev–Trinajstić information content (AvgIpc) is 3.22. The number of nitrogens with one attached hydrogen (secondary N) is 1. The van der Waals surface area contributed by atoms with E-state index in [-0.39, 0.29) is 21.4 Å². The van der Waals surface area contributed by atoms with Gasteiger partial charge in [-0.1, -0.05) is 11.6 Å². The number of carbonyl (C=O) groups is 1. The molecule has 190 valence electrons. The van der Waals surface area contributed by atoms with E-state index in [0.717, 1.165) is 51.4 Å². The van der Waals surface area contributed by atoms with Gasteiger partial charge in [-0.15, -0.1) is 0 Å². The number of carbonyl (C=O) groups excluding carboxylic acids is 1. The summed E-state index contributed by atoms with van der Waals surface area (Å²) in [6, 6.07) is 2.40. The molecule has 1 N–H and O–H groups in total. The van der Waals surface area contributed by atoms with Crippen molar-refractivity contribution in [1.29, 1.82) is 0 Å². The van der Waals surface area contributed by atoms with Crippen LogP contribution in [-0.4, -0.2) is 85.8 Å². The minimum atomic E-state index is -0.543. The van der Waals surface area contributed by atoms with Crippen molar-refractivity contribution in [2.45, 2.75) is 44.4 Å². The van der Waals surface area contributed by atoms with E-state index in [0.29, 0.717) is 28.9 Å². The third-order valence-electron chi connectivity index (χ3n) is 7.86. The molecule has 5 rings (SSSR count). The van der Waals surface area contributed by atoms with E-state index < -0.39 is 11.4 Å². The summed E-state index contributed by atoms with van der Waals surface area (Å²) < 4.78 is 20.9. The molecule has 3 fully saturated rings. The zero-order chi connectivity index (χ0) is 25.1. The largest absolute Gasteiger partial charge is 0.462 e. The summed E-state index contributed by atoms with van der Waals surface area (Å²) in [5.74, 6) is 0.799. The van der Waals surface area contributed by atoms with Gasteiger partial charge < -0.3 is 24.8 Å². The average molecular weight is 570 g/mol. The first-order valence-electron chi connectivity index (χ1n) is 11.9. The lowest BCUT2D eigenvalue weighted by Gasteiger charge is -2.50. The number of benzene rings is 1. The predicted molar refractivity (Wildman–Crippen MR) is 139 cm³/mol. The van der Waals surface area contributed by atoms with Crippen LogP contribution in [0.3, 0.4) is 0 Å². The third kappa shape index (κ3) is 4.36. The number of rotatable bonds is 7. The van der Waals surface area contributed by atoms with Crippen LogP contribution in [-0.2, 0) is 9.53 Å². The normalized spacial score (nSPS) is 24.9. The Bertz CT molecular complexity index is 1160. The van der Waals surface area contributed by atoms with Crippen LogP contribution in [0.15, 0.2) is 10.5 Å². The Morgan fingerprint density at radius 1 is 1.37 bits per heavy atom. The van der Waals surface area contributed by atoms with Crippen LogP contribution < -0.4 is 15.1 Å². The van der Waals surface area contributed by atoms with Crippen molar-refractivity contribution in [1.82, 2.24) is 20.2 Å². The van der Waals surface area contributed by atoms with Gasteiger partial charge in [-0.3, -0.25) is 4.79 Å². The Balaban J connectivity index is 1.47. The molecule has 2 atom stereocenters. The maximum atomic E-state index is 15.3. The molecule has 35 heavy (non-hydrogen) atoms. The molecular weight excluding hydrogens is 539 g/mol. The first-order valence-corrected chi connectivity index (χ1v) is 13.1. The molecule has 0 bridgehead atoms. The van der Waals surface area contributed by atoms with E-state index in [1.54, 1.807) is 6.07 Å². The summed E-state index contributed by atoms with van der Waals surface area (Å²) in [5, 5.41) is 4.46. The van der Waals surface area contributed by atoms with Gasteiger partial charge in [-0.25, -0.2) is 9.37 Å². The fraction of sp³-hybridized carbons (Fsp3) is 0.625. The van der Waals surface area contributed by atoms with Crippen LogP contribution in [0, 0.1) is 11.2 Å². The van der Waals surface area contributed by atoms with Crippen LogP contribution in [0.2, 0.25) is 5.02 Å². The smallest absolute Gasteiger partial charge is 0.293 e. The Kier molecular flexibility index (Phi) is 6.39. The van der Waals surface area contributed by atoms with Crippen molar-refractivity contribution < 1.29 is 13.9 Å². The van der Waals surface area contributed by atoms with Gasteiger partial charge in [-0.2, -0.15) is 4.98 Å². The molecule has 0 amide bonds. The molecule has 0 saturated carbocycles. The summed E-state index contributed by atoms with van der Waals surface area (Å²) in [7, 11) is 4.11. The van der Waals surface area contributed by atoms with Gasteiger partial charge in [0.1, 0.15) is 16.9 Å². The van der Waals surface area contributed by atoms with Crippen LogP contribution in [0.4, 0.5) is 16.2 Å². The number of fused-ring (bicyclic) bond motifs is 1. The summed E-state index contributed by atoms with van der Waals surface area (Å²) in [6.07, 6.45) is 1.70. The van der Waals surface area contributed by atoms with Crippen molar-refractivity contribution in [3.8, 4) is 0 Å². The lowest BCUT2D eigenvalue weighted by atomic mass is 9.69. The van der Waals surface area contributed by atoms with Gasteiger partial charge in [0.15, 0.2) is 5.82 Å². The van der Waals surface area contributed by atoms with Crippen molar-refractivity contribution in [2.75, 3.05) is 56.6 Å². The Morgan fingerprint density at radius 3 is 2.74 bits per heavy atom.